The quantitative estimate of drug-likeness (QED) is 0.843. The Hall–Kier alpha value is -0.670. The molecule has 1 unspecified atom stereocenters. The van der Waals surface area contributed by atoms with Crippen LogP contribution in [0.2, 0.25) is 0 Å². The predicted octanol–water partition coefficient (Wildman–Crippen LogP) is 3.09. The van der Waals surface area contributed by atoms with Gasteiger partial charge in [-0.05, 0) is 27.6 Å². The van der Waals surface area contributed by atoms with Crippen molar-refractivity contribution in [2.24, 2.45) is 5.41 Å². The molecular formula is C11H14BrNO. The van der Waals surface area contributed by atoms with Crippen LogP contribution in [0, 0.1) is 5.41 Å². The zero-order chi connectivity index (χ0) is 10.8. The maximum Gasteiger partial charge on any atom is 0.0887 e. The van der Waals surface area contributed by atoms with Gasteiger partial charge in [0, 0.05) is 22.3 Å². The minimum absolute atomic E-state index is 0.343. The van der Waals surface area contributed by atoms with Crippen molar-refractivity contribution in [1.82, 2.24) is 4.98 Å². The highest BCUT2D eigenvalue weighted by molar-refractivity contribution is 9.10. The molecule has 0 aromatic carbocycles. The van der Waals surface area contributed by atoms with E-state index in [1.54, 1.807) is 24.5 Å². The molecule has 1 N–H and O–H groups in total. The van der Waals surface area contributed by atoms with Gasteiger partial charge in [-0.25, -0.2) is 0 Å². The maximum absolute atomic E-state index is 10.1. The number of aliphatic hydroxyl groups excluding tert-OH is 1. The smallest absolute Gasteiger partial charge is 0.0887 e. The van der Waals surface area contributed by atoms with Gasteiger partial charge in [-0.2, -0.15) is 0 Å². The summed E-state index contributed by atoms with van der Waals surface area (Å²) in [6, 6.07) is 1.81. The second-order valence-electron chi connectivity index (χ2n) is 3.83. The van der Waals surface area contributed by atoms with Gasteiger partial charge in [0.25, 0.3) is 0 Å². The summed E-state index contributed by atoms with van der Waals surface area (Å²) < 4.78 is 0.822. The standard InChI is InChI=1S/C11H14BrNO/c1-4-11(2,3)10(14)8-5-6-13-7-9(8)12/h4-7,10,14H,1H2,2-3H3. The van der Waals surface area contributed by atoms with Gasteiger partial charge in [-0.15, -0.1) is 6.58 Å². The van der Waals surface area contributed by atoms with E-state index < -0.39 is 6.10 Å². The second-order valence-corrected chi connectivity index (χ2v) is 4.68. The summed E-state index contributed by atoms with van der Waals surface area (Å²) >= 11 is 3.36. The van der Waals surface area contributed by atoms with E-state index in [2.05, 4.69) is 27.5 Å². The van der Waals surface area contributed by atoms with Gasteiger partial charge in [-0.3, -0.25) is 4.98 Å². The molecule has 1 atom stereocenters. The van der Waals surface area contributed by atoms with Crippen LogP contribution in [0.25, 0.3) is 0 Å². The van der Waals surface area contributed by atoms with Gasteiger partial charge in [-0.1, -0.05) is 19.9 Å². The van der Waals surface area contributed by atoms with Crippen LogP contribution in [0.5, 0.6) is 0 Å². The van der Waals surface area contributed by atoms with Gasteiger partial charge < -0.3 is 5.11 Å². The molecule has 1 heterocycles. The molecule has 0 bridgehead atoms. The van der Waals surface area contributed by atoms with Gasteiger partial charge >= 0.3 is 0 Å². The summed E-state index contributed by atoms with van der Waals surface area (Å²) in [5.74, 6) is 0. The minimum atomic E-state index is -0.572. The van der Waals surface area contributed by atoms with Crippen LogP contribution in [0.1, 0.15) is 25.5 Å². The molecular weight excluding hydrogens is 242 g/mol. The number of hydrogen-bond acceptors (Lipinski definition) is 2. The fraction of sp³-hybridized carbons (Fsp3) is 0.364. The van der Waals surface area contributed by atoms with Crippen molar-refractivity contribution in [3.8, 4) is 0 Å². The number of rotatable bonds is 3. The number of pyridine rings is 1. The van der Waals surface area contributed by atoms with Crippen molar-refractivity contribution in [3.05, 3.63) is 41.2 Å². The van der Waals surface area contributed by atoms with E-state index in [9.17, 15) is 5.11 Å². The summed E-state index contributed by atoms with van der Waals surface area (Å²) in [5.41, 5.74) is 0.494. The van der Waals surface area contributed by atoms with E-state index in [1.165, 1.54) is 0 Å². The number of nitrogens with zero attached hydrogens (tertiary/aromatic N) is 1. The molecule has 0 saturated carbocycles. The van der Waals surface area contributed by atoms with Crippen LogP contribution in [-0.4, -0.2) is 10.1 Å². The zero-order valence-electron chi connectivity index (χ0n) is 8.37. The first-order valence-electron chi connectivity index (χ1n) is 4.40. The van der Waals surface area contributed by atoms with Gasteiger partial charge in [0.1, 0.15) is 0 Å². The Labute approximate surface area is 92.8 Å². The first-order chi connectivity index (χ1) is 6.49. The molecule has 0 aliphatic rings. The summed E-state index contributed by atoms with van der Waals surface area (Å²) in [6.45, 7) is 7.60. The normalized spacial score (nSPS) is 13.7. The molecule has 0 radical (unpaired) electrons. The largest absolute Gasteiger partial charge is 0.387 e. The lowest BCUT2D eigenvalue weighted by Crippen LogP contribution is -2.19. The molecule has 1 aromatic heterocycles. The van der Waals surface area contributed by atoms with E-state index in [4.69, 9.17) is 0 Å². The van der Waals surface area contributed by atoms with E-state index in [0.717, 1.165) is 10.0 Å². The molecule has 76 valence electrons. The van der Waals surface area contributed by atoms with Crippen LogP contribution in [-0.2, 0) is 0 Å². The number of hydrogen-bond donors (Lipinski definition) is 1. The summed E-state index contributed by atoms with van der Waals surface area (Å²) in [7, 11) is 0. The van der Waals surface area contributed by atoms with Crippen molar-refractivity contribution < 1.29 is 5.11 Å². The van der Waals surface area contributed by atoms with Crippen LogP contribution in [0.3, 0.4) is 0 Å². The summed E-state index contributed by atoms with van der Waals surface area (Å²) in [6.07, 6.45) is 4.53. The Balaban J connectivity index is 3.06. The van der Waals surface area contributed by atoms with Crippen molar-refractivity contribution in [2.45, 2.75) is 20.0 Å². The topological polar surface area (TPSA) is 33.1 Å². The molecule has 0 aliphatic heterocycles. The number of halogens is 1. The third kappa shape index (κ3) is 2.22. The Kier molecular flexibility index (Phi) is 3.45. The molecule has 0 saturated heterocycles. The van der Waals surface area contributed by atoms with Crippen molar-refractivity contribution in [3.63, 3.8) is 0 Å². The zero-order valence-corrected chi connectivity index (χ0v) is 9.95. The lowest BCUT2D eigenvalue weighted by atomic mass is 9.83. The highest BCUT2D eigenvalue weighted by Gasteiger charge is 2.27. The van der Waals surface area contributed by atoms with Gasteiger partial charge in [0.2, 0.25) is 0 Å². The lowest BCUT2D eigenvalue weighted by molar-refractivity contribution is 0.0815. The van der Waals surface area contributed by atoms with E-state index in [0.29, 0.717) is 0 Å². The Morgan fingerprint density at radius 1 is 1.64 bits per heavy atom. The van der Waals surface area contributed by atoms with E-state index in [1.807, 2.05) is 13.8 Å². The highest BCUT2D eigenvalue weighted by Crippen LogP contribution is 2.36. The minimum Gasteiger partial charge on any atom is -0.387 e. The first-order valence-corrected chi connectivity index (χ1v) is 5.19. The van der Waals surface area contributed by atoms with Gasteiger partial charge in [0.05, 0.1) is 6.10 Å². The van der Waals surface area contributed by atoms with Crippen molar-refractivity contribution in [1.29, 1.82) is 0 Å². The summed E-state index contributed by atoms with van der Waals surface area (Å²) in [4.78, 5) is 3.95. The van der Waals surface area contributed by atoms with Crippen molar-refractivity contribution in [2.75, 3.05) is 0 Å². The summed E-state index contributed by atoms with van der Waals surface area (Å²) in [5, 5.41) is 10.1. The first kappa shape index (κ1) is 11.4. The lowest BCUT2D eigenvalue weighted by Gasteiger charge is -2.27. The van der Waals surface area contributed by atoms with Crippen LogP contribution < -0.4 is 0 Å². The van der Waals surface area contributed by atoms with E-state index in [-0.39, 0.29) is 5.41 Å². The Morgan fingerprint density at radius 3 is 2.79 bits per heavy atom. The molecule has 0 aliphatic carbocycles. The predicted molar refractivity (Wildman–Crippen MR) is 60.9 cm³/mol. The third-order valence-corrected chi connectivity index (χ3v) is 2.99. The Morgan fingerprint density at radius 2 is 2.29 bits per heavy atom. The molecule has 2 nitrogen and oxygen atoms in total. The number of aromatic nitrogens is 1. The second kappa shape index (κ2) is 4.24. The third-order valence-electron chi connectivity index (χ3n) is 2.33. The fourth-order valence-electron chi connectivity index (χ4n) is 1.12. The maximum atomic E-state index is 10.1. The average molecular weight is 256 g/mol. The molecule has 14 heavy (non-hydrogen) atoms. The molecule has 3 heteroatoms. The van der Waals surface area contributed by atoms with Crippen LogP contribution in [0.15, 0.2) is 35.6 Å². The highest BCUT2D eigenvalue weighted by atomic mass is 79.9. The average Bonchev–Trinajstić information content (AvgIpc) is 2.17. The Bertz CT molecular complexity index is 336. The molecule has 0 fully saturated rings. The SMILES string of the molecule is C=CC(C)(C)C(O)c1ccncc1Br. The monoisotopic (exact) mass is 255 g/mol. The molecule has 1 aromatic rings. The van der Waals surface area contributed by atoms with Crippen LogP contribution in [0.4, 0.5) is 0 Å². The van der Waals surface area contributed by atoms with Crippen molar-refractivity contribution >= 4 is 15.9 Å². The van der Waals surface area contributed by atoms with Crippen LogP contribution >= 0.6 is 15.9 Å². The van der Waals surface area contributed by atoms with Gasteiger partial charge in [0.15, 0.2) is 0 Å². The molecule has 0 amide bonds. The number of aliphatic hydroxyl groups is 1. The molecule has 1 rings (SSSR count). The molecule has 0 spiro atoms. The van der Waals surface area contributed by atoms with E-state index >= 15 is 0 Å². The fourth-order valence-corrected chi connectivity index (χ4v) is 1.59.